The van der Waals surface area contributed by atoms with Gasteiger partial charge in [0.2, 0.25) is 0 Å². The van der Waals surface area contributed by atoms with Crippen LogP contribution in [0.5, 0.6) is 11.5 Å². The summed E-state index contributed by atoms with van der Waals surface area (Å²) in [5.41, 5.74) is 3.73. The average Bonchev–Trinajstić information content (AvgIpc) is 3.07. The molecule has 12 heteroatoms. The van der Waals surface area contributed by atoms with Crippen molar-refractivity contribution in [2.75, 3.05) is 38.0 Å². The molecule has 0 saturated heterocycles. The third-order valence-corrected chi connectivity index (χ3v) is 10.5. The first-order valence-electron chi connectivity index (χ1n) is 16.4. The van der Waals surface area contributed by atoms with Crippen LogP contribution in [-0.4, -0.2) is 84.8 Å². The van der Waals surface area contributed by atoms with Crippen molar-refractivity contribution in [1.82, 2.24) is 0 Å². The Labute approximate surface area is 331 Å². The Bertz CT molecular complexity index is 2000. The first kappa shape index (κ1) is 39.9. The van der Waals surface area contributed by atoms with E-state index in [1.54, 1.807) is 12.1 Å². The van der Waals surface area contributed by atoms with Crippen molar-refractivity contribution in [2.45, 2.75) is 35.6 Å². The third-order valence-electron chi connectivity index (χ3n) is 8.79. The van der Waals surface area contributed by atoms with Gasteiger partial charge in [-0.3, -0.25) is 0 Å². The molecule has 4 nitrogen and oxygen atoms in total. The fourth-order valence-electron chi connectivity index (χ4n) is 6.17. The van der Waals surface area contributed by atoms with Crippen molar-refractivity contribution in [1.29, 1.82) is 0 Å². The van der Waals surface area contributed by atoms with Crippen LogP contribution < -0.4 is 14.5 Å². The van der Waals surface area contributed by atoms with Crippen LogP contribution in [0.2, 0.25) is 3.98 Å². The van der Waals surface area contributed by atoms with Crippen molar-refractivity contribution in [3.8, 4) is 11.5 Å². The molecule has 6 radical (unpaired) electrons. The standard InChI is InChI=1S/C40H36F6N2O2.2Pb/c1-6-25(34-16-14-32(47(2)3)23-36(34)49)10-12-27-8-7-9-28(13-11-26-18-19-50-37-24-33(48(4)5)15-17-35(26)37)38(27)29-20-30(39(41,42)43)22-31(21-29)40(44,45)46;;/h6,10-18,20-24,49H,1,7-9H2,2-5H3;;/p+1/b12-10+,25-6-,26-11+,28-13+;;. The van der Waals surface area contributed by atoms with E-state index in [4.69, 9.17) is 9.84 Å². The molecule has 0 amide bonds. The molecule has 0 bridgehead atoms. The Morgan fingerprint density at radius 1 is 0.846 bits per heavy atom. The number of alkyl halides is 6. The van der Waals surface area contributed by atoms with E-state index in [2.05, 4.69) is 0 Å². The molecule has 1 aliphatic heterocycles. The molecule has 2 aliphatic rings. The Morgan fingerprint density at radius 2 is 1.48 bits per heavy atom. The molecular weight excluding hydrogens is 1070 g/mol. The maximum atomic E-state index is 14.1. The minimum absolute atomic E-state index is 0.141. The van der Waals surface area contributed by atoms with Gasteiger partial charge in [0.15, 0.2) is 0 Å². The zero-order chi connectivity index (χ0) is 38.0. The summed E-state index contributed by atoms with van der Waals surface area (Å²) in [5, 5.41) is 8.71. The van der Waals surface area contributed by atoms with E-state index in [9.17, 15) is 26.3 Å². The number of nitrogens with zero attached hydrogens (tertiary/aromatic N) is 2. The minimum atomic E-state index is -4.99. The van der Waals surface area contributed by atoms with Crippen LogP contribution in [-0.2, 0) is 12.4 Å². The van der Waals surface area contributed by atoms with Crippen LogP contribution in [0, 0.1) is 0 Å². The monoisotopic (exact) mass is 1110 g/mol. The second-order valence-corrected chi connectivity index (χ2v) is 16.4. The molecule has 1 aliphatic carbocycles. The summed E-state index contributed by atoms with van der Waals surface area (Å²) >= 11 is 1.49. The van der Waals surface area contributed by atoms with Gasteiger partial charge in [-0.15, -0.1) is 0 Å². The van der Waals surface area contributed by atoms with Gasteiger partial charge in [0, 0.05) is 0 Å². The Kier molecular flexibility index (Phi) is 12.6. The molecule has 3 aromatic carbocycles. The van der Waals surface area contributed by atoms with Gasteiger partial charge in [-0.25, -0.2) is 0 Å². The van der Waals surface area contributed by atoms with E-state index in [0.717, 1.165) is 73.3 Å². The van der Waals surface area contributed by atoms with Crippen molar-refractivity contribution >= 4 is 79.6 Å². The molecule has 52 heavy (non-hydrogen) atoms. The predicted octanol–water partition coefficient (Wildman–Crippen LogP) is 9.87. The molecule has 0 aromatic heterocycles. The second kappa shape index (κ2) is 16.4. The zero-order valence-electron chi connectivity index (χ0n) is 29.1. The number of hydrogen-bond acceptors (Lipinski definition) is 3. The van der Waals surface area contributed by atoms with E-state index in [1.807, 2.05) is 98.7 Å². The van der Waals surface area contributed by atoms with Gasteiger partial charge in [-0.1, -0.05) is 0 Å². The molecule has 2 N–H and O–H groups in total. The van der Waals surface area contributed by atoms with Gasteiger partial charge in [0.1, 0.15) is 0 Å². The molecule has 268 valence electrons. The average molecular weight is 1110 g/mol. The van der Waals surface area contributed by atoms with Gasteiger partial charge in [-0.2, -0.15) is 0 Å². The van der Waals surface area contributed by atoms with Crippen LogP contribution in [0.3, 0.4) is 0 Å². The van der Waals surface area contributed by atoms with Crippen LogP contribution in [0.15, 0.2) is 106 Å². The molecule has 0 saturated carbocycles. The molecule has 0 fully saturated rings. The molecule has 0 unspecified atom stereocenters. The summed E-state index contributed by atoms with van der Waals surface area (Å²) in [7, 11) is 7.64. The van der Waals surface area contributed by atoms with Crippen LogP contribution in [0.25, 0.3) is 16.7 Å². The van der Waals surface area contributed by atoms with Gasteiger partial charge < -0.3 is 0 Å². The number of allylic oxidation sites excluding steroid dienone is 11. The number of ether oxygens (including phenoxy) is 1. The van der Waals surface area contributed by atoms with Crippen molar-refractivity contribution in [3.63, 3.8) is 0 Å². The first-order valence-corrected chi connectivity index (χ1v) is 21.1. The van der Waals surface area contributed by atoms with E-state index in [0.29, 0.717) is 78.8 Å². The molecular formula is C40H37F6N2O2Pb2+. The Morgan fingerprint density at radius 3 is 2.08 bits per heavy atom. The van der Waals surface area contributed by atoms with Gasteiger partial charge in [0.05, 0.1) is 0 Å². The van der Waals surface area contributed by atoms with Crippen LogP contribution in [0.4, 0.5) is 37.7 Å². The SMILES string of the molecule is CN(C)c1ccc(C(=C\[CH2][Pb])/C=C/C2=C(c3cc(C(F)(F)F)cc(C(F)(F)F)c3)C(=C/C=C3\C=[C]([Pb])Oc4cc(N(C)C)ccc43)/CCC2)c([OH2+])c1. The summed E-state index contributed by atoms with van der Waals surface area (Å²) < 4.78 is 92.4. The number of benzene rings is 3. The maximum absolute atomic E-state index is 14.1. The van der Waals surface area contributed by atoms with Crippen molar-refractivity contribution < 1.29 is 36.2 Å². The van der Waals surface area contributed by atoms with E-state index < -0.39 is 23.5 Å². The summed E-state index contributed by atoms with van der Waals surface area (Å²) in [6, 6.07) is 13.2. The number of fused-ring (bicyclic) bond motifs is 1. The zero-order valence-corrected chi connectivity index (χ0v) is 36.8. The van der Waals surface area contributed by atoms with E-state index in [1.165, 1.54) is 0 Å². The molecule has 5 rings (SSSR count). The Hall–Kier alpha value is -3.28. The summed E-state index contributed by atoms with van der Waals surface area (Å²) in [4.78, 5) is 3.87. The van der Waals surface area contributed by atoms with Gasteiger partial charge in [0.25, 0.3) is 0 Å². The number of rotatable bonds is 8. The first-order chi connectivity index (χ1) is 24.5. The Balaban J connectivity index is 1.71. The summed E-state index contributed by atoms with van der Waals surface area (Å²) in [5.74, 6) is 1.00. The van der Waals surface area contributed by atoms with Gasteiger partial charge >= 0.3 is 334 Å². The van der Waals surface area contributed by atoms with Crippen LogP contribution >= 0.6 is 0 Å². The summed E-state index contributed by atoms with van der Waals surface area (Å²) in [6.07, 6.45) is 2.86. The molecule has 0 spiro atoms. The number of halogens is 6. The summed E-state index contributed by atoms with van der Waals surface area (Å²) in [6.45, 7) is 0. The quantitative estimate of drug-likeness (QED) is 0.0977. The normalized spacial score (nSPS) is 17.1. The molecule has 0 atom stereocenters. The topological polar surface area (TPSA) is 38.6 Å². The van der Waals surface area contributed by atoms with E-state index in [-0.39, 0.29) is 11.6 Å². The van der Waals surface area contributed by atoms with Crippen molar-refractivity contribution in [3.05, 3.63) is 133 Å². The predicted molar refractivity (Wildman–Crippen MR) is 200 cm³/mol. The van der Waals surface area contributed by atoms with Gasteiger partial charge in [-0.05, 0) is 0 Å². The van der Waals surface area contributed by atoms with Crippen LogP contribution in [0.1, 0.15) is 47.1 Å². The second-order valence-electron chi connectivity index (χ2n) is 12.9. The molecule has 3 aromatic rings. The fourth-order valence-corrected chi connectivity index (χ4v) is 8.05. The third kappa shape index (κ3) is 9.44. The van der Waals surface area contributed by atoms with E-state index >= 15 is 0 Å². The number of hydrogen-bond donors (Lipinski definition) is 0. The molecule has 1 heterocycles. The fraction of sp³-hybridized carbons (Fsp3) is 0.250. The number of anilines is 2. The van der Waals surface area contributed by atoms with Crippen molar-refractivity contribution in [2.24, 2.45) is 0 Å².